The fraction of sp³-hybridized carbons (Fsp3) is 0.258. The summed E-state index contributed by atoms with van der Waals surface area (Å²) in [5.41, 5.74) is -0.0647. The van der Waals surface area contributed by atoms with Gasteiger partial charge in [-0.25, -0.2) is 13.8 Å². The molecular formula is C31H32Cl2F2N8O4. The fourth-order valence-electron chi connectivity index (χ4n) is 5.16. The van der Waals surface area contributed by atoms with Gasteiger partial charge >= 0.3 is 0 Å². The highest BCUT2D eigenvalue weighted by Crippen LogP contribution is 2.35. The van der Waals surface area contributed by atoms with Crippen molar-refractivity contribution in [1.82, 2.24) is 29.9 Å². The first-order chi connectivity index (χ1) is 21.9. The van der Waals surface area contributed by atoms with Gasteiger partial charge in [0, 0.05) is 63.0 Å². The van der Waals surface area contributed by atoms with Crippen molar-refractivity contribution in [3.05, 3.63) is 94.5 Å². The SMILES string of the molecule is COCCN1CCC(Nc2n[nH]c3nccc(Oc4ccc(NC(=O)c5ccnn(-c6ccc(F)cc6)c5=O)cc4F)c23)CC1.Cl.Cl. The highest BCUT2D eigenvalue weighted by atomic mass is 35.5. The van der Waals surface area contributed by atoms with Crippen LogP contribution in [0.25, 0.3) is 16.7 Å². The van der Waals surface area contributed by atoms with Crippen LogP contribution in [0.3, 0.4) is 0 Å². The molecule has 6 rings (SSSR count). The number of hydrogen-bond donors (Lipinski definition) is 3. The standard InChI is InChI=1S/C31H30F2N8O4.2ClH/c1-44-17-16-40-14-10-20(11-15-40)36-29-27-26(9-12-34-28(27)38-39-29)45-25-7-4-21(18-24(25)33)37-30(42)23-8-13-35-41(31(23)43)22-5-2-19(32)3-6-22;;/h2-9,12-13,18,20H,10-11,14-17H2,1H3,(H,37,42)(H2,34,36,38,39);2*1H. The number of benzene rings is 2. The van der Waals surface area contributed by atoms with Gasteiger partial charge in [-0.1, -0.05) is 0 Å². The number of amides is 1. The fourth-order valence-corrected chi connectivity index (χ4v) is 5.16. The van der Waals surface area contributed by atoms with Crippen LogP contribution in [0.4, 0.5) is 20.3 Å². The second-order valence-electron chi connectivity index (χ2n) is 10.5. The molecule has 1 aliphatic rings. The lowest BCUT2D eigenvalue weighted by Crippen LogP contribution is -2.40. The molecule has 0 atom stereocenters. The van der Waals surface area contributed by atoms with Crippen molar-refractivity contribution in [3.63, 3.8) is 0 Å². The number of likely N-dealkylation sites (tertiary alicyclic amines) is 1. The van der Waals surface area contributed by atoms with Crippen LogP contribution < -0.4 is 20.9 Å². The van der Waals surface area contributed by atoms with Crippen molar-refractivity contribution in [2.45, 2.75) is 18.9 Å². The highest BCUT2D eigenvalue weighted by molar-refractivity contribution is 6.04. The zero-order valence-corrected chi connectivity index (χ0v) is 26.7. The Morgan fingerprint density at radius 1 is 1.02 bits per heavy atom. The lowest BCUT2D eigenvalue weighted by atomic mass is 10.0. The van der Waals surface area contributed by atoms with Gasteiger partial charge in [-0.3, -0.25) is 14.7 Å². The molecule has 4 heterocycles. The highest BCUT2D eigenvalue weighted by Gasteiger charge is 2.22. The minimum absolute atomic E-state index is 0. The number of hydrogen-bond acceptors (Lipinski definition) is 9. The second kappa shape index (κ2) is 15.8. The number of anilines is 2. The number of aromatic nitrogens is 5. The Kier molecular flexibility index (Phi) is 11.8. The van der Waals surface area contributed by atoms with Gasteiger partial charge in [0.05, 0.1) is 12.3 Å². The van der Waals surface area contributed by atoms with Gasteiger partial charge in [0.2, 0.25) is 0 Å². The predicted octanol–water partition coefficient (Wildman–Crippen LogP) is 5.19. The van der Waals surface area contributed by atoms with E-state index in [0.29, 0.717) is 29.2 Å². The maximum Gasteiger partial charge on any atom is 0.284 e. The van der Waals surface area contributed by atoms with Gasteiger partial charge in [-0.05, 0) is 55.3 Å². The predicted molar refractivity (Wildman–Crippen MR) is 178 cm³/mol. The average molecular weight is 690 g/mol. The maximum absolute atomic E-state index is 15.3. The van der Waals surface area contributed by atoms with Gasteiger partial charge in [0.1, 0.15) is 22.5 Å². The Hall–Kier alpha value is -4.63. The first-order valence-electron chi connectivity index (χ1n) is 14.3. The summed E-state index contributed by atoms with van der Waals surface area (Å²) in [6, 6.07) is 12.1. The molecule has 12 nitrogen and oxygen atoms in total. The first kappa shape index (κ1) is 35.2. The molecule has 3 N–H and O–H groups in total. The van der Waals surface area contributed by atoms with Crippen LogP contribution in [-0.4, -0.2) is 75.2 Å². The van der Waals surface area contributed by atoms with E-state index in [1.54, 1.807) is 13.2 Å². The number of halogens is 4. The summed E-state index contributed by atoms with van der Waals surface area (Å²) >= 11 is 0. The van der Waals surface area contributed by atoms with Gasteiger partial charge in [-0.2, -0.15) is 14.9 Å². The van der Waals surface area contributed by atoms with E-state index in [1.807, 2.05) is 0 Å². The number of piperidine rings is 1. The van der Waals surface area contributed by atoms with Crippen LogP contribution >= 0.6 is 24.8 Å². The van der Waals surface area contributed by atoms with E-state index in [2.05, 4.69) is 35.8 Å². The smallest absolute Gasteiger partial charge is 0.284 e. The Balaban J connectivity index is 0.00000250. The third-order valence-corrected chi connectivity index (χ3v) is 7.53. The van der Waals surface area contributed by atoms with Crippen molar-refractivity contribution in [2.24, 2.45) is 0 Å². The molecule has 1 aliphatic heterocycles. The molecule has 3 aromatic heterocycles. The number of nitrogens with zero attached hydrogens (tertiary/aromatic N) is 5. The summed E-state index contributed by atoms with van der Waals surface area (Å²) in [5.74, 6) is -1.14. The quantitative estimate of drug-likeness (QED) is 0.181. The van der Waals surface area contributed by atoms with Gasteiger partial charge in [-0.15, -0.1) is 24.8 Å². The number of H-pyrrole nitrogens is 1. The number of carbonyl (C=O) groups excluding carboxylic acids is 1. The van der Waals surface area contributed by atoms with Crippen molar-refractivity contribution in [3.8, 4) is 17.2 Å². The molecule has 0 bridgehead atoms. The van der Waals surface area contributed by atoms with Crippen LogP contribution in [-0.2, 0) is 4.74 Å². The van der Waals surface area contributed by atoms with E-state index >= 15 is 4.39 Å². The molecule has 5 aromatic rings. The van der Waals surface area contributed by atoms with E-state index in [4.69, 9.17) is 9.47 Å². The number of carbonyl (C=O) groups is 1. The monoisotopic (exact) mass is 688 g/mol. The number of methoxy groups -OCH3 is 1. The van der Waals surface area contributed by atoms with Gasteiger partial charge in [0.15, 0.2) is 23.0 Å². The molecule has 2 aromatic carbocycles. The zero-order chi connectivity index (χ0) is 31.3. The van der Waals surface area contributed by atoms with Crippen LogP contribution in [0.1, 0.15) is 23.2 Å². The topological polar surface area (TPSA) is 139 Å². The van der Waals surface area contributed by atoms with Crippen LogP contribution in [0.5, 0.6) is 11.5 Å². The minimum atomic E-state index is -0.763. The van der Waals surface area contributed by atoms with E-state index in [1.165, 1.54) is 54.9 Å². The number of rotatable bonds is 10. The summed E-state index contributed by atoms with van der Waals surface area (Å²) in [7, 11) is 1.70. The van der Waals surface area contributed by atoms with E-state index < -0.39 is 23.1 Å². The van der Waals surface area contributed by atoms with Crippen molar-refractivity contribution in [2.75, 3.05) is 44.0 Å². The number of aromatic amines is 1. The lowest BCUT2D eigenvalue weighted by Gasteiger charge is -2.32. The largest absolute Gasteiger partial charge is 0.453 e. The Morgan fingerprint density at radius 3 is 2.51 bits per heavy atom. The lowest BCUT2D eigenvalue weighted by molar-refractivity contribution is 0.102. The summed E-state index contributed by atoms with van der Waals surface area (Å²) in [4.78, 5) is 32.6. The number of pyridine rings is 1. The molecule has 1 amide bonds. The molecule has 0 unspecified atom stereocenters. The minimum Gasteiger partial charge on any atom is -0.453 e. The molecule has 0 aliphatic carbocycles. The normalized spacial score (nSPS) is 13.4. The number of ether oxygens (including phenoxy) is 2. The molecular weight excluding hydrogens is 657 g/mol. The Morgan fingerprint density at radius 2 is 1.79 bits per heavy atom. The third-order valence-electron chi connectivity index (χ3n) is 7.53. The van der Waals surface area contributed by atoms with Crippen molar-refractivity contribution < 1.29 is 23.0 Å². The van der Waals surface area contributed by atoms with Crippen LogP contribution in [0.15, 0.2) is 71.8 Å². The molecule has 47 heavy (non-hydrogen) atoms. The van der Waals surface area contributed by atoms with Crippen molar-refractivity contribution >= 4 is 53.3 Å². The van der Waals surface area contributed by atoms with Gasteiger partial charge in [0.25, 0.3) is 11.5 Å². The molecule has 248 valence electrons. The van der Waals surface area contributed by atoms with Crippen LogP contribution in [0.2, 0.25) is 0 Å². The third kappa shape index (κ3) is 8.03. The van der Waals surface area contributed by atoms with E-state index in [-0.39, 0.29) is 53.5 Å². The molecule has 16 heteroatoms. The van der Waals surface area contributed by atoms with Gasteiger partial charge < -0.3 is 25.0 Å². The molecule has 0 spiro atoms. The number of nitrogens with one attached hydrogen (secondary N) is 3. The van der Waals surface area contributed by atoms with E-state index in [9.17, 15) is 14.0 Å². The Labute approximate surface area is 280 Å². The summed E-state index contributed by atoms with van der Waals surface area (Å²) in [5, 5.41) is 17.9. The maximum atomic E-state index is 15.3. The molecule has 1 fully saturated rings. The van der Waals surface area contributed by atoms with Crippen molar-refractivity contribution in [1.29, 1.82) is 0 Å². The average Bonchev–Trinajstić information content (AvgIpc) is 3.46. The molecule has 1 saturated heterocycles. The van der Waals surface area contributed by atoms with Crippen LogP contribution in [0, 0.1) is 11.6 Å². The molecule has 0 radical (unpaired) electrons. The Bertz CT molecular complexity index is 1880. The zero-order valence-electron chi connectivity index (χ0n) is 25.1. The molecule has 0 saturated carbocycles. The first-order valence-corrected chi connectivity index (χ1v) is 14.3. The second-order valence-corrected chi connectivity index (χ2v) is 10.5. The summed E-state index contributed by atoms with van der Waals surface area (Å²) < 4.78 is 40.7. The summed E-state index contributed by atoms with van der Waals surface area (Å²) in [6.07, 6.45) is 4.66. The summed E-state index contributed by atoms with van der Waals surface area (Å²) in [6.45, 7) is 3.46. The van der Waals surface area contributed by atoms with E-state index in [0.717, 1.165) is 43.2 Å². The number of fused-ring (bicyclic) bond motifs is 1.